The Bertz CT molecular complexity index is 189. The third-order valence-corrected chi connectivity index (χ3v) is 1.90. The first-order valence-electron chi connectivity index (χ1n) is 4.72. The number of hydrogen-bond donors (Lipinski definition) is 0. The molecule has 1 aliphatic heterocycles. The van der Waals surface area contributed by atoms with E-state index in [9.17, 15) is 4.79 Å². The molecule has 1 fully saturated rings. The molecule has 13 heavy (non-hydrogen) atoms. The predicted molar refractivity (Wildman–Crippen MR) is 49.4 cm³/mol. The van der Waals surface area contributed by atoms with Crippen molar-refractivity contribution in [1.82, 2.24) is 0 Å². The zero-order valence-electron chi connectivity index (χ0n) is 8.79. The maximum absolute atomic E-state index is 11.3. The average molecular weight is 186 g/mol. The number of hydrogen-bond acceptors (Lipinski definition) is 3. The average Bonchev–Trinajstić information content (AvgIpc) is 2.60. The van der Waals surface area contributed by atoms with E-state index in [1.807, 2.05) is 27.7 Å². The molecule has 1 heterocycles. The Hall–Kier alpha value is -0.570. The summed E-state index contributed by atoms with van der Waals surface area (Å²) >= 11 is 0. The molecule has 0 bridgehead atoms. The molecular weight excluding hydrogens is 168 g/mol. The Morgan fingerprint density at radius 3 is 2.54 bits per heavy atom. The van der Waals surface area contributed by atoms with E-state index in [2.05, 4.69) is 0 Å². The van der Waals surface area contributed by atoms with E-state index in [0.717, 1.165) is 6.61 Å². The Labute approximate surface area is 79.4 Å². The maximum atomic E-state index is 11.3. The van der Waals surface area contributed by atoms with Crippen molar-refractivity contribution >= 4 is 5.97 Å². The van der Waals surface area contributed by atoms with Gasteiger partial charge in [-0.25, -0.2) is 0 Å². The highest BCUT2D eigenvalue weighted by atomic mass is 16.6. The van der Waals surface area contributed by atoms with Crippen LogP contribution in [0.25, 0.3) is 0 Å². The van der Waals surface area contributed by atoms with E-state index in [-0.39, 0.29) is 23.6 Å². The van der Waals surface area contributed by atoms with Crippen molar-refractivity contribution in [3.8, 4) is 0 Å². The van der Waals surface area contributed by atoms with Gasteiger partial charge in [0.15, 0.2) is 0 Å². The van der Waals surface area contributed by atoms with Gasteiger partial charge in [0.2, 0.25) is 0 Å². The molecule has 0 radical (unpaired) electrons. The van der Waals surface area contributed by atoms with Gasteiger partial charge in [-0.3, -0.25) is 4.79 Å². The molecule has 0 aromatic heterocycles. The van der Waals surface area contributed by atoms with Crippen molar-refractivity contribution in [2.24, 2.45) is 5.92 Å². The first-order valence-corrected chi connectivity index (χ1v) is 4.72. The molecule has 1 rings (SSSR count). The van der Waals surface area contributed by atoms with Crippen LogP contribution in [0, 0.1) is 5.92 Å². The lowest BCUT2D eigenvalue weighted by atomic mass is 10.0. The molecule has 0 spiro atoms. The number of rotatable bonds is 3. The summed E-state index contributed by atoms with van der Waals surface area (Å²) in [4.78, 5) is 11.3. The SMILES string of the molecule is C[C@H](CC(=O)OC(C)(C)C)C1CO1. The lowest BCUT2D eigenvalue weighted by Crippen LogP contribution is -2.25. The third-order valence-electron chi connectivity index (χ3n) is 1.90. The monoisotopic (exact) mass is 186 g/mol. The Morgan fingerprint density at radius 2 is 2.15 bits per heavy atom. The quantitative estimate of drug-likeness (QED) is 0.498. The van der Waals surface area contributed by atoms with Gasteiger partial charge in [0.25, 0.3) is 0 Å². The van der Waals surface area contributed by atoms with Crippen LogP contribution >= 0.6 is 0 Å². The fourth-order valence-electron chi connectivity index (χ4n) is 1.16. The number of carbonyl (C=O) groups is 1. The van der Waals surface area contributed by atoms with Crippen molar-refractivity contribution in [2.45, 2.75) is 45.8 Å². The van der Waals surface area contributed by atoms with Crippen LogP contribution < -0.4 is 0 Å². The van der Waals surface area contributed by atoms with Gasteiger partial charge in [0, 0.05) is 0 Å². The number of epoxide rings is 1. The van der Waals surface area contributed by atoms with Gasteiger partial charge >= 0.3 is 5.97 Å². The molecule has 0 N–H and O–H groups in total. The van der Waals surface area contributed by atoms with E-state index in [1.165, 1.54) is 0 Å². The van der Waals surface area contributed by atoms with Crippen molar-refractivity contribution in [3.63, 3.8) is 0 Å². The summed E-state index contributed by atoms with van der Waals surface area (Å²) in [6.07, 6.45) is 0.745. The van der Waals surface area contributed by atoms with Crippen LogP contribution in [0.3, 0.4) is 0 Å². The first kappa shape index (κ1) is 10.5. The lowest BCUT2D eigenvalue weighted by molar-refractivity contribution is -0.156. The lowest BCUT2D eigenvalue weighted by Gasteiger charge is -2.20. The second-order valence-corrected chi connectivity index (χ2v) is 4.64. The molecule has 1 saturated heterocycles. The molecule has 76 valence electrons. The van der Waals surface area contributed by atoms with Gasteiger partial charge < -0.3 is 9.47 Å². The van der Waals surface area contributed by atoms with Gasteiger partial charge in [-0.2, -0.15) is 0 Å². The normalized spacial score (nSPS) is 23.8. The van der Waals surface area contributed by atoms with E-state index in [0.29, 0.717) is 6.42 Å². The van der Waals surface area contributed by atoms with Crippen LogP contribution in [0.2, 0.25) is 0 Å². The van der Waals surface area contributed by atoms with Gasteiger partial charge in [-0.1, -0.05) is 6.92 Å². The Morgan fingerprint density at radius 1 is 1.62 bits per heavy atom. The van der Waals surface area contributed by atoms with E-state index in [4.69, 9.17) is 9.47 Å². The zero-order chi connectivity index (χ0) is 10.1. The topological polar surface area (TPSA) is 38.8 Å². The second kappa shape index (κ2) is 3.66. The van der Waals surface area contributed by atoms with Crippen LogP contribution in [-0.4, -0.2) is 24.3 Å². The fourth-order valence-corrected chi connectivity index (χ4v) is 1.16. The highest BCUT2D eigenvalue weighted by molar-refractivity contribution is 5.70. The largest absolute Gasteiger partial charge is 0.460 e. The van der Waals surface area contributed by atoms with E-state index >= 15 is 0 Å². The van der Waals surface area contributed by atoms with Crippen LogP contribution in [-0.2, 0) is 14.3 Å². The minimum Gasteiger partial charge on any atom is -0.460 e. The molecule has 0 aliphatic carbocycles. The minimum atomic E-state index is -0.374. The van der Waals surface area contributed by atoms with Gasteiger partial charge in [-0.05, 0) is 26.7 Å². The smallest absolute Gasteiger partial charge is 0.306 e. The van der Waals surface area contributed by atoms with Crippen molar-refractivity contribution < 1.29 is 14.3 Å². The van der Waals surface area contributed by atoms with Crippen molar-refractivity contribution in [1.29, 1.82) is 0 Å². The Kier molecular flexibility index (Phi) is 2.96. The molecule has 1 aliphatic rings. The molecule has 3 nitrogen and oxygen atoms in total. The summed E-state index contributed by atoms with van der Waals surface area (Å²) in [5.41, 5.74) is -0.374. The number of ether oxygens (including phenoxy) is 2. The zero-order valence-corrected chi connectivity index (χ0v) is 8.79. The molecule has 2 atom stereocenters. The van der Waals surface area contributed by atoms with Crippen molar-refractivity contribution in [3.05, 3.63) is 0 Å². The standard InChI is InChI=1S/C10H18O3/c1-7(8-6-12-8)5-9(11)13-10(2,3)4/h7-8H,5-6H2,1-4H3/t7-,8?/m1/s1. The van der Waals surface area contributed by atoms with Crippen LogP contribution in [0.15, 0.2) is 0 Å². The van der Waals surface area contributed by atoms with Crippen LogP contribution in [0.1, 0.15) is 34.1 Å². The molecule has 0 aromatic carbocycles. The predicted octanol–water partition coefficient (Wildman–Crippen LogP) is 1.75. The van der Waals surface area contributed by atoms with Crippen molar-refractivity contribution in [2.75, 3.05) is 6.61 Å². The first-order chi connectivity index (χ1) is 5.88. The minimum absolute atomic E-state index is 0.129. The highest BCUT2D eigenvalue weighted by Crippen LogP contribution is 2.23. The summed E-state index contributed by atoms with van der Waals surface area (Å²) in [6, 6.07) is 0. The Balaban J connectivity index is 2.24. The second-order valence-electron chi connectivity index (χ2n) is 4.64. The van der Waals surface area contributed by atoms with Gasteiger partial charge in [0.1, 0.15) is 5.60 Å². The van der Waals surface area contributed by atoms with Crippen LogP contribution in [0.5, 0.6) is 0 Å². The summed E-state index contributed by atoms with van der Waals surface area (Å²) < 4.78 is 10.3. The van der Waals surface area contributed by atoms with Crippen LogP contribution in [0.4, 0.5) is 0 Å². The van der Waals surface area contributed by atoms with Gasteiger partial charge in [0.05, 0.1) is 19.1 Å². The molecule has 3 heteroatoms. The molecule has 0 aromatic rings. The molecular formula is C10H18O3. The van der Waals surface area contributed by atoms with E-state index in [1.54, 1.807) is 0 Å². The highest BCUT2D eigenvalue weighted by Gasteiger charge is 2.31. The molecule has 0 amide bonds. The molecule has 0 saturated carbocycles. The summed E-state index contributed by atoms with van der Waals surface area (Å²) in [7, 11) is 0. The summed E-state index contributed by atoms with van der Waals surface area (Å²) in [5, 5.41) is 0. The summed E-state index contributed by atoms with van der Waals surface area (Å²) in [5.74, 6) is 0.158. The number of carbonyl (C=O) groups excluding carboxylic acids is 1. The van der Waals surface area contributed by atoms with E-state index < -0.39 is 0 Å². The number of esters is 1. The summed E-state index contributed by atoms with van der Waals surface area (Å²) in [6.45, 7) is 8.45. The maximum Gasteiger partial charge on any atom is 0.306 e. The van der Waals surface area contributed by atoms with Gasteiger partial charge in [-0.15, -0.1) is 0 Å². The fraction of sp³-hybridized carbons (Fsp3) is 0.900. The third kappa shape index (κ3) is 4.27. The molecule has 1 unspecified atom stereocenters.